The second-order valence-electron chi connectivity index (χ2n) is 5.96. The summed E-state index contributed by atoms with van der Waals surface area (Å²) < 4.78 is 13.2. The van der Waals surface area contributed by atoms with Crippen molar-refractivity contribution in [1.82, 2.24) is 5.32 Å². The van der Waals surface area contributed by atoms with Crippen LogP contribution >= 0.6 is 0 Å². The molecular weight excluding hydrogens is 261 g/mol. The Morgan fingerprint density at radius 1 is 1.00 bits per heavy atom. The van der Waals surface area contributed by atoms with E-state index >= 15 is 0 Å². The van der Waals surface area contributed by atoms with Crippen molar-refractivity contribution in [3.8, 4) is 0 Å². The summed E-state index contributed by atoms with van der Waals surface area (Å²) in [4.78, 5) is 0. The van der Waals surface area contributed by atoms with Crippen molar-refractivity contribution in [1.29, 1.82) is 0 Å². The summed E-state index contributed by atoms with van der Waals surface area (Å²) in [6, 6.07) is 18.3. The third kappa shape index (κ3) is 3.92. The lowest BCUT2D eigenvalue weighted by molar-refractivity contribution is 0.290. The predicted octanol–water partition coefficient (Wildman–Crippen LogP) is 4.29. The Labute approximate surface area is 126 Å². The Balaban J connectivity index is 1.34. The molecular formula is C19H22FN. The second-order valence-corrected chi connectivity index (χ2v) is 5.96. The van der Waals surface area contributed by atoms with Gasteiger partial charge in [-0.05, 0) is 61.4 Å². The molecule has 2 aromatic carbocycles. The van der Waals surface area contributed by atoms with Gasteiger partial charge in [0.25, 0.3) is 0 Å². The van der Waals surface area contributed by atoms with Crippen LogP contribution in [-0.2, 0) is 6.42 Å². The van der Waals surface area contributed by atoms with E-state index in [0.717, 1.165) is 31.4 Å². The van der Waals surface area contributed by atoms with Gasteiger partial charge >= 0.3 is 0 Å². The van der Waals surface area contributed by atoms with Gasteiger partial charge in [-0.2, -0.15) is 0 Å². The molecule has 21 heavy (non-hydrogen) atoms. The van der Waals surface area contributed by atoms with Crippen molar-refractivity contribution >= 4 is 0 Å². The van der Waals surface area contributed by atoms with E-state index in [1.165, 1.54) is 18.1 Å². The molecule has 1 fully saturated rings. The van der Waals surface area contributed by atoms with Crippen molar-refractivity contribution in [3.05, 3.63) is 71.5 Å². The molecule has 3 rings (SSSR count). The summed E-state index contributed by atoms with van der Waals surface area (Å²) >= 11 is 0. The van der Waals surface area contributed by atoms with E-state index in [1.54, 1.807) is 6.07 Å². The Morgan fingerprint density at radius 2 is 1.81 bits per heavy atom. The van der Waals surface area contributed by atoms with Gasteiger partial charge in [0, 0.05) is 6.04 Å². The monoisotopic (exact) mass is 283 g/mol. The van der Waals surface area contributed by atoms with Crippen LogP contribution in [0.5, 0.6) is 0 Å². The van der Waals surface area contributed by atoms with Gasteiger partial charge in [0.1, 0.15) is 5.82 Å². The summed E-state index contributed by atoms with van der Waals surface area (Å²) in [7, 11) is 0. The zero-order valence-electron chi connectivity index (χ0n) is 12.3. The zero-order chi connectivity index (χ0) is 14.5. The van der Waals surface area contributed by atoms with Crippen LogP contribution in [0.25, 0.3) is 0 Å². The Bertz CT molecular complexity index is 561. The fourth-order valence-corrected chi connectivity index (χ4v) is 3.06. The molecule has 1 saturated carbocycles. The molecule has 0 radical (unpaired) electrons. The minimum atomic E-state index is -0.119. The van der Waals surface area contributed by atoms with E-state index in [1.807, 2.05) is 12.1 Å². The fraction of sp³-hybridized carbons (Fsp3) is 0.368. The molecule has 0 unspecified atom stereocenters. The first-order valence-electron chi connectivity index (χ1n) is 7.84. The number of hydrogen-bond donors (Lipinski definition) is 1. The molecule has 1 N–H and O–H groups in total. The topological polar surface area (TPSA) is 12.0 Å². The summed E-state index contributed by atoms with van der Waals surface area (Å²) in [6.07, 6.45) is 4.57. The number of halogens is 1. The van der Waals surface area contributed by atoms with Crippen molar-refractivity contribution in [3.63, 3.8) is 0 Å². The third-order valence-electron chi connectivity index (χ3n) is 4.38. The smallest absolute Gasteiger partial charge is 0.123 e. The molecule has 2 aromatic rings. The third-order valence-corrected chi connectivity index (χ3v) is 4.38. The molecule has 0 atom stereocenters. The van der Waals surface area contributed by atoms with Gasteiger partial charge in [0.15, 0.2) is 0 Å². The Morgan fingerprint density at radius 3 is 2.57 bits per heavy atom. The van der Waals surface area contributed by atoms with Crippen LogP contribution in [0, 0.1) is 5.82 Å². The van der Waals surface area contributed by atoms with E-state index < -0.39 is 0 Å². The predicted molar refractivity (Wildman–Crippen MR) is 84.9 cm³/mol. The molecule has 1 nitrogen and oxygen atoms in total. The summed E-state index contributed by atoms with van der Waals surface area (Å²) in [6.45, 7) is 1.06. The van der Waals surface area contributed by atoms with Gasteiger partial charge < -0.3 is 5.32 Å². The van der Waals surface area contributed by atoms with Crippen molar-refractivity contribution in [2.24, 2.45) is 0 Å². The molecule has 0 heterocycles. The molecule has 0 amide bonds. The van der Waals surface area contributed by atoms with Crippen molar-refractivity contribution in [2.45, 2.75) is 37.6 Å². The molecule has 2 heteroatoms. The van der Waals surface area contributed by atoms with Gasteiger partial charge in [-0.25, -0.2) is 4.39 Å². The van der Waals surface area contributed by atoms with Crippen LogP contribution in [0.1, 0.15) is 36.3 Å². The van der Waals surface area contributed by atoms with Gasteiger partial charge in [0.2, 0.25) is 0 Å². The SMILES string of the molecule is Fc1cccc(C2CC(NCCCc3ccccc3)C2)c1. The largest absolute Gasteiger partial charge is 0.314 e. The average molecular weight is 283 g/mol. The van der Waals surface area contributed by atoms with Crippen LogP contribution in [-0.4, -0.2) is 12.6 Å². The number of hydrogen-bond acceptors (Lipinski definition) is 1. The highest BCUT2D eigenvalue weighted by atomic mass is 19.1. The highest BCUT2D eigenvalue weighted by Gasteiger charge is 2.29. The van der Waals surface area contributed by atoms with Gasteiger partial charge in [-0.3, -0.25) is 0 Å². The van der Waals surface area contributed by atoms with E-state index in [9.17, 15) is 4.39 Å². The quantitative estimate of drug-likeness (QED) is 0.780. The maximum Gasteiger partial charge on any atom is 0.123 e. The number of rotatable bonds is 6. The van der Waals surface area contributed by atoms with Crippen LogP contribution in [0.4, 0.5) is 4.39 Å². The average Bonchev–Trinajstić information content (AvgIpc) is 2.46. The normalized spacial score (nSPS) is 21.0. The maximum atomic E-state index is 13.2. The van der Waals surface area contributed by atoms with E-state index in [-0.39, 0.29) is 5.82 Å². The van der Waals surface area contributed by atoms with Gasteiger partial charge in [-0.15, -0.1) is 0 Å². The highest BCUT2D eigenvalue weighted by Crippen LogP contribution is 2.36. The lowest BCUT2D eigenvalue weighted by Gasteiger charge is -2.36. The van der Waals surface area contributed by atoms with Crippen LogP contribution in [0.3, 0.4) is 0 Å². The second kappa shape index (κ2) is 6.86. The first kappa shape index (κ1) is 14.3. The Kier molecular flexibility index (Phi) is 4.66. The standard InChI is InChI=1S/C19H22FN/c20-18-10-4-9-16(12-18)17-13-19(14-17)21-11-5-8-15-6-2-1-3-7-15/h1-4,6-7,9-10,12,17,19,21H,5,8,11,13-14H2. The first-order valence-corrected chi connectivity index (χ1v) is 7.84. The Hall–Kier alpha value is -1.67. The minimum absolute atomic E-state index is 0.119. The lowest BCUT2D eigenvalue weighted by atomic mass is 9.76. The van der Waals surface area contributed by atoms with Crippen molar-refractivity contribution < 1.29 is 4.39 Å². The first-order chi connectivity index (χ1) is 10.3. The zero-order valence-corrected chi connectivity index (χ0v) is 12.3. The molecule has 0 spiro atoms. The fourth-order valence-electron chi connectivity index (χ4n) is 3.06. The van der Waals surface area contributed by atoms with E-state index in [2.05, 4.69) is 35.6 Å². The highest BCUT2D eigenvalue weighted by molar-refractivity contribution is 5.23. The molecule has 0 aliphatic heterocycles. The molecule has 1 aliphatic carbocycles. The molecule has 0 aromatic heterocycles. The molecule has 0 saturated heterocycles. The molecule has 1 aliphatic rings. The number of nitrogens with one attached hydrogen (secondary N) is 1. The van der Waals surface area contributed by atoms with Crippen LogP contribution in [0.2, 0.25) is 0 Å². The summed E-state index contributed by atoms with van der Waals surface area (Å²) in [5, 5.41) is 3.61. The maximum absolute atomic E-state index is 13.2. The summed E-state index contributed by atoms with van der Waals surface area (Å²) in [5.41, 5.74) is 2.56. The molecule has 0 bridgehead atoms. The minimum Gasteiger partial charge on any atom is -0.314 e. The van der Waals surface area contributed by atoms with Gasteiger partial charge in [0.05, 0.1) is 0 Å². The van der Waals surface area contributed by atoms with Gasteiger partial charge in [-0.1, -0.05) is 42.5 Å². The number of benzene rings is 2. The van der Waals surface area contributed by atoms with E-state index in [0.29, 0.717) is 12.0 Å². The van der Waals surface area contributed by atoms with E-state index in [4.69, 9.17) is 0 Å². The summed E-state index contributed by atoms with van der Waals surface area (Å²) in [5.74, 6) is 0.416. The van der Waals surface area contributed by atoms with Crippen molar-refractivity contribution in [2.75, 3.05) is 6.54 Å². The number of aryl methyl sites for hydroxylation is 1. The lowest BCUT2D eigenvalue weighted by Crippen LogP contribution is -2.40. The van der Waals surface area contributed by atoms with Crippen LogP contribution in [0.15, 0.2) is 54.6 Å². The molecule has 110 valence electrons. The van der Waals surface area contributed by atoms with Crippen LogP contribution < -0.4 is 5.32 Å².